The molecule has 3 heteroatoms. The summed E-state index contributed by atoms with van der Waals surface area (Å²) in [5.74, 6) is 0.184. The maximum Gasteiger partial charge on any atom is 0.320 e. The molecule has 4 atom stereocenters. The number of fused-ring (bicyclic) bond motifs is 5. The summed E-state index contributed by atoms with van der Waals surface area (Å²) in [6, 6.07) is 0. The summed E-state index contributed by atoms with van der Waals surface area (Å²) in [7, 11) is 0. The Morgan fingerprint density at radius 3 is 2.85 bits per heavy atom. The molecule has 1 saturated heterocycles. The Bertz CT molecular complexity index is 309. The third kappa shape index (κ3) is 0.640. The molecule has 3 aliphatic rings. The molecule has 3 fully saturated rings. The molecule has 1 aliphatic heterocycles. The second kappa shape index (κ2) is 1.97. The van der Waals surface area contributed by atoms with Gasteiger partial charge in [0.15, 0.2) is 0 Å². The van der Waals surface area contributed by atoms with Gasteiger partial charge in [0.1, 0.15) is 0 Å². The fourth-order valence-corrected chi connectivity index (χ4v) is 3.60. The number of hydrogen-bond acceptors (Lipinski definition) is 3. The zero-order valence-corrected chi connectivity index (χ0v) is 7.58. The lowest BCUT2D eigenvalue weighted by molar-refractivity contribution is -0.156. The molecule has 0 aromatic rings. The van der Waals surface area contributed by atoms with E-state index in [-0.39, 0.29) is 17.9 Å². The molecule has 0 aromatic heterocycles. The lowest BCUT2D eigenvalue weighted by Gasteiger charge is -2.29. The van der Waals surface area contributed by atoms with Gasteiger partial charge in [-0.1, -0.05) is 0 Å². The summed E-state index contributed by atoms with van der Waals surface area (Å²) >= 11 is 0. The van der Waals surface area contributed by atoms with Gasteiger partial charge in [-0.2, -0.15) is 0 Å². The zero-order valence-electron chi connectivity index (χ0n) is 7.58. The fraction of sp³-hybridized carbons (Fsp3) is 0.800. The van der Waals surface area contributed by atoms with Crippen LogP contribution in [0.3, 0.4) is 0 Å². The highest BCUT2D eigenvalue weighted by atomic mass is 16.6. The molecule has 0 N–H and O–H groups in total. The normalized spacial score (nSPS) is 52.5. The second-order valence-electron chi connectivity index (χ2n) is 4.74. The van der Waals surface area contributed by atoms with Crippen LogP contribution in [-0.2, 0) is 14.3 Å². The van der Waals surface area contributed by atoms with Crippen molar-refractivity contribution in [2.45, 2.75) is 26.2 Å². The van der Waals surface area contributed by atoms with Gasteiger partial charge in [-0.25, -0.2) is 0 Å². The number of cyclic esters (lactones) is 2. The Hall–Kier alpha value is -0.860. The first-order valence-electron chi connectivity index (χ1n) is 4.90. The van der Waals surface area contributed by atoms with E-state index in [2.05, 4.69) is 0 Å². The van der Waals surface area contributed by atoms with Crippen molar-refractivity contribution in [3.05, 3.63) is 0 Å². The summed E-state index contributed by atoms with van der Waals surface area (Å²) in [6.45, 7) is 1.91. The van der Waals surface area contributed by atoms with Gasteiger partial charge in [0, 0.05) is 0 Å². The van der Waals surface area contributed by atoms with Crippen molar-refractivity contribution in [2.75, 3.05) is 0 Å². The lowest BCUT2D eigenvalue weighted by atomic mass is 9.69. The minimum absolute atomic E-state index is 0.112. The zero-order chi connectivity index (χ0) is 9.22. The SMILES string of the molecule is C[C@]12C(=O)OC(=O)[C@@H]1[C@H]1CC[C@H]2C1. The molecule has 0 amide bonds. The monoisotopic (exact) mass is 180 g/mol. The number of ether oxygens (including phenoxy) is 1. The molecule has 3 nitrogen and oxygen atoms in total. The first kappa shape index (κ1) is 7.54. The van der Waals surface area contributed by atoms with Crippen molar-refractivity contribution < 1.29 is 14.3 Å². The highest BCUT2D eigenvalue weighted by Gasteiger charge is 2.67. The molecule has 0 aromatic carbocycles. The lowest BCUT2D eigenvalue weighted by Crippen LogP contribution is -2.36. The summed E-state index contributed by atoms with van der Waals surface area (Å²) in [5, 5.41) is 0. The minimum atomic E-state index is -0.458. The van der Waals surface area contributed by atoms with E-state index in [9.17, 15) is 9.59 Å². The van der Waals surface area contributed by atoms with Crippen LogP contribution in [0.4, 0.5) is 0 Å². The molecule has 0 radical (unpaired) electrons. The quantitative estimate of drug-likeness (QED) is 0.414. The molecular weight excluding hydrogens is 168 g/mol. The van der Waals surface area contributed by atoms with E-state index >= 15 is 0 Å². The molecule has 2 bridgehead atoms. The second-order valence-corrected chi connectivity index (χ2v) is 4.74. The topological polar surface area (TPSA) is 43.4 Å². The maximum atomic E-state index is 11.5. The van der Waals surface area contributed by atoms with Gasteiger partial charge in [-0.3, -0.25) is 9.59 Å². The maximum absolute atomic E-state index is 11.5. The molecule has 0 spiro atoms. The van der Waals surface area contributed by atoms with Crippen LogP contribution in [0, 0.1) is 23.2 Å². The molecule has 13 heavy (non-hydrogen) atoms. The molecular formula is C10H12O3. The average Bonchev–Trinajstić information content (AvgIpc) is 2.66. The van der Waals surface area contributed by atoms with E-state index in [4.69, 9.17) is 4.74 Å². The fourth-order valence-electron chi connectivity index (χ4n) is 3.60. The number of hydrogen-bond donors (Lipinski definition) is 0. The van der Waals surface area contributed by atoms with Crippen LogP contribution >= 0.6 is 0 Å². The van der Waals surface area contributed by atoms with E-state index in [1.165, 1.54) is 0 Å². The third-order valence-electron chi connectivity index (χ3n) is 4.33. The largest absolute Gasteiger partial charge is 0.392 e. The molecule has 2 aliphatic carbocycles. The summed E-state index contributed by atoms with van der Waals surface area (Å²) in [5.41, 5.74) is -0.458. The Morgan fingerprint density at radius 2 is 2.15 bits per heavy atom. The Morgan fingerprint density at radius 1 is 1.38 bits per heavy atom. The first-order valence-corrected chi connectivity index (χ1v) is 4.90. The summed E-state index contributed by atoms with van der Waals surface area (Å²) in [4.78, 5) is 23.0. The molecule has 2 saturated carbocycles. The van der Waals surface area contributed by atoms with Crippen LogP contribution in [0.2, 0.25) is 0 Å². The van der Waals surface area contributed by atoms with Crippen LogP contribution in [-0.4, -0.2) is 11.9 Å². The predicted octanol–water partition coefficient (Wildman–Crippen LogP) is 1.12. The van der Waals surface area contributed by atoms with Crippen molar-refractivity contribution in [3.63, 3.8) is 0 Å². The summed E-state index contributed by atoms with van der Waals surface area (Å²) in [6.07, 6.45) is 3.26. The molecule has 0 unspecified atom stereocenters. The van der Waals surface area contributed by atoms with Gasteiger partial charge >= 0.3 is 11.9 Å². The van der Waals surface area contributed by atoms with Gasteiger partial charge in [0.25, 0.3) is 0 Å². The molecule has 3 rings (SSSR count). The van der Waals surface area contributed by atoms with Crippen LogP contribution in [0.5, 0.6) is 0 Å². The number of esters is 2. The van der Waals surface area contributed by atoms with Crippen molar-refractivity contribution in [1.82, 2.24) is 0 Å². The third-order valence-corrected chi connectivity index (χ3v) is 4.33. The van der Waals surface area contributed by atoms with Crippen molar-refractivity contribution in [2.24, 2.45) is 23.2 Å². The van der Waals surface area contributed by atoms with Crippen LogP contribution < -0.4 is 0 Å². The van der Waals surface area contributed by atoms with Crippen molar-refractivity contribution in [1.29, 1.82) is 0 Å². The Labute approximate surface area is 76.4 Å². The molecule has 70 valence electrons. The number of rotatable bonds is 0. The number of carbonyl (C=O) groups excluding carboxylic acids is 2. The van der Waals surface area contributed by atoms with E-state index in [0.29, 0.717) is 11.8 Å². The Kier molecular flexibility index (Phi) is 1.14. The van der Waals surface area contributed by atoms with E-state index < -0.39 is 5.41 Å². The van der Waals surface area contributed by atoms with Crippen LogP contribution in [0.1, 0.15) is 26.2 Å². The Balaban J connectivity index is 2.12. The van der Waals surface area contributed by atoms with E-state index in [1.807, 2.05) is 6.92 Å². The smallest absolute Gasteiger partial charge is 0.320 e. The highest BCUT2D eigenvalue weighted by molar-refractivity contribution is 6.00. The van der Waals surface area contributed by atoms with E-state index in [0.717, 1.165) is 19.3 Å². The average molecular weight is 180 g/mol. The minimum Gasteiger partial charge on any atom is -0.392 e. The van der Waals surface area contributed by atoms with Crippen molar-refractivity contribution >= 4 is 11.9 Å². The van der Waals surface area contributed by atoms with Crippen LogP contribution in [0.15, 0.2) is 0 Å². The molecule has 1 heterocycles. The predicted molar refractivity (Wildman–Crippen MR) is 43.5 cm³/mol. The summed E-state index contributed by atoms with van der Waals surface area (Å²) < 4.78 is 4.73. The standard InChI is InChI=1S/C10H12O3/c1-10-6-3-2-5(4-6)7(10)8(11)13-9(10)12/h5-7H,2-4H2,1H3/t5-,6-,7-,10+/m0/s1. The first-order chi connectivity index (χ1) is 6.14. The van der Waals surface area contributed by atoms with Gasteiger partial charge in [0.05, 0.1) is 11.3 Å². The van der Waals surface area contributed by atoms with Gasteiger partial charge in [-0.05, 0) is 38.0 Å². The number of carbonyl (C=O) groups is 2. The van der Waals surface area contributed by atoms with Gasteiger partial charge < -0.3 is 4.74 Å². The van der Waals surface area contributed by atoms with Gasteiger partial charge in [-0.15, -0.1) is 0 Å². The van der Waals surface area contributed by atoms with Crippen LogP contribution in [0.25, 0.3) is 0 Å². The van der Waals surface area contributed by atoms with Crippen molar-refractivity contribution in [3.8, 4) is 0 Å². The van der Waals surface area contributed by atoms with E-state index in [1.54, 1.807) is 0 Å². The highest BCUT2D eigenvalue weighted by Crippen LogP contribution is 2.62. The van der Waals surface area contributed by atoms with Gasteiger partial charge in [0.2, 0.25) is 0 Å².